The number of nitrogens with one attached hydrogen (secondary N) is 4. The minimum absolute atomic E-state index is 0.230. The average Bonchev–Trinajstić information content (AvgIpc) is 4.05. The number of amides is 4. The third-order valence-electron chi connectivity index (χ3n) is 11.3. The molecule has 0 spiro atoms. The van der Waals surface area contributed by atoms with E-state index in [1.54, 1.807) is 23.6 Å². The number of nitrogens with zero attached hydrogens (tertiary/aromatic N) is 4. The van der Waals surface area contributed by atoms with Gasteiger partial charge in [0.05, 0.1) is 42.8 Å². The lowest BCUT2D eigenvalue weighted by molar-refractivity contribution is -0.138. The molecule has 1 aromatic carbocycles. The molecule has 3 aliphatic rings. The average molecular weight is 761 g/mol. The van der Waals surface area contributed by atoms with E-state index in [4.69, 9.17) is 24.2 Å². The quantitative estimate of drug-likeness (QED) is 0.159. The smallest absolute Gasteiger partial charge is 0.407 e. The third-order valence-corrected chi connectivity index (χ3v) is 11.3. The summed E-state index contributed by atoms with van der Waals surface area (Å²) in [5, 5.41) is 14.3. The van der Waals surface area contributed by atoms with Crippen LogP contribution in [0.25, 0.3) is 16.8 Å². The van der Waals surface area contributed by atoms with Crippen molar-refractivity contribution >= 4 is 29.6 Å². The summed E-state index contributed by atoms with van der Waals surface area (Å²) in [6, 6.07) is 6.03. The minimum atomic E-state index is -1.28. The highest BCUT2D eigenvalue weighted by molar-refractivity contribution is 5.87. The molecule has 4 amide bonds. The molecule has 7 atom stereocenters. The Bertz CT molecular complexity index is 1860. The van der Waals surface area contributed by atoms with Crippen molar-refractivity contribution in [2.75, 3.05) is 34.4 Å². The first kappa shape index (κ1) is 39.5. The van der Waals surface area contributed by atoms with Crippen LogP contribution in [0.5, 0.6) is 0 Å². The summed E-state index contributed by atoms with van der Waals surface area (Å²) < 4.78 is 15.4. The van der Waals surface area contributed by atoms with Gasteiger partial charge in [-0.2, -0.15) is 0 Å². The summed E-state index contributed by atoms with van der Waals surface area (Å²) >= 11 is 0. The fourth-order valence-corrected chi connectivity index (χ4v) is 7.96. The molecule has 2 aromatic heterocycles. The van der Waals surface area contributed by atoms with Crippen molar-refractivity contribution in [1.82, 2.24) is 40.4 Å². The van der Waals surface area contributed by atoms with Gasteiger partial charge < -0.3 is 49.7 Å². The van der Waals surface area contributed by atoms with Gasteiger partial charge in [0.1, 0.15) is 23.7 Å². The number of allylic oxidation sites excluding steroid dienone is 2. The molecule has 55 heavy (non-hydrogen) atoms. The molecule has 4 heterocycles. The number of benzene rings is 1. The second kappa shape index (κ2) is 17.5. The van der Waals surface area contributed by atoms with Crippen molar-refractivity contribution in [2.24, 2.45) is 0 Å². The molecule has 6 rings (SSSR count). The Morgan fingerprint density at radius 2 is 1.35 bits per heavy atom. The van der Waals surface area contributed by atoms with Gasteiger partial charge >= 0.3 is 12.2 Å². The Hall–Kier alpha value is -5.22. The SMILES string of the molecule is COC(=O)N[C@H](C(=O)N1CCC[C@H]1c1nc(C2=CCC(c3ccc(-c4c[nH]c([C@@H]5CCCN5C(=O)[C@@H](NC(=O)O)[C@@H](C)OC)n4)cc3)CC2)c[nH]1)C(C)OC. The largest absolute Gasteiger partial charge is 0.465 e. The number of likely N-dealkylation sites (tertiary alicyclic amines) is 2. The second-order valence-electron chi connectivity index (χ2n) is 14.5. The molecule has 5 N–H and O–H groups in total. The van der Waals surface area contributed by atoms with E-state index in [0.29, 0.717) is 24.8 Å². The summed E-state index contributed by atoms with van der Waals surface area (Å²) in [5.41, 5.74) is 5.04. The van der Waals surface area contributed by atoms with Crippen molar-refractivity contribution in [2.45, 2.75) is 101 Å². The number of ether oxygens (including phenoxy) is 3. The van der Waals surface area contributed by atoms with Crippen LogP contribution in [-0.4, -0.2) is 118 Å². The van der Waals surface area contributed by atoms with Gasteiger partial charge in [0, 0.05) is 45.3 Å². The van der Waals surface area contributed by atoms with Crippen LogP contribution in [0, 0.1) is 0 Å². The van der Waals surface area contributed by atoms with E-state index in [2.05, 4.69) is 50.9 Å². The fourth-order valence-electron chi connectivity index (χ4n) is 7.96. The van der Waals surface area contributed by atoms with Crippen molar-refractivity contribution in [1.29, 1.82) is 0 Å². The van der Waals surface area contributed by atoms with Gasteiger partial charge in [-0.1, -0.05) is 30.3 Å². The number of carboxylic acid groups (broad SMARTS) is 1. The van der Waals surface area contributed by atoms with E-state index in [1.807, 2.05) is 12.4 Å². The topological polar surface area (TPSA) is 204 Å². The predicted molar refractivity (Wildman–Crippen MR) is 202 cm³/mol. The van der Waals surface area contributed by atoms with E-state index in [1.165, 1.54) is 32.5 Å². The Kier molecular flexibility index (Phi) is 12.6. The molecule has 3 aromatic rings. The van der Waals surface area contributed by atoms with Crippen LogP contribution in [-0.2, 0) is 23.8 Å². The Morgan fingerprint density at radius 3 is 1.85 bits per heavy atom. The van der Waals surface area contributed by atoms with E-state index in [-0.39, 0.29) is 23.9 Å². The molecular weight excluding hydrogens is 708 g/mol. The molecule has 0 saturated carbocycles. The second-order valence-corrected chi connectivity index (χ2v) is 14.5. The van der Waals surface area contributed by atoms with Crippen LogP contribution >= 0.6 is 0 Å². The van der Waals surface area contributed by atoms with Gasteiger partial charge in [0.15, 0.2) is 0 Å². The number of alkyl carbamates (subject to hydrolysis) is 1. The number of hydrogen-bond acceptors (Lipinski definition) is 9. The Balaban J connectivity index is 1.07. The van der Waals surface area contributed by atoms with E-state index in [9.17, 15) is 24.3 Å². The molecule has 1 aliphatic carbocycles. The number of methoxy groups -OCH3 is 3. The Morgan fingerprint density at radius 1 is 0.800 bits per heavy atom. The van der Waals surface area contributed by atoms with Gasteiger partial charge in [-0.15, -0.1) is 0 Å². The zero-order chi connectivity index (χ0) is 39.2. The molecular formula is C39H52N8O8. The molecule has 2 saturated heterocycles. The number of carbonyl (C=O) groups is 4. The zero-order valence-electron chi connectivity index (χ0n) is 32.0. The van der Waals surface area contributed by atoms with Gasteiger partial charge in [-0.05, 0) is 75.8 Å². The lowest BCUT2D eigenvalue weighted by Gasteiger charge is -2.30. The van der Waals surface area contributed by atoms with Crippen LogP contribution in [0.1, 0.15) is 99.7 Å². The maximum Gasteiger partial charge on any atom is 0.407 e. The van der Waals surface area contributed by atoms with Crippen molar-refractivity contribution in [3.05, 3.63) is 65.6 Å². The molecule has 2 fully saturated rings. The summed E-state index contributed by atoms with van der Waals surface area (Å²) in [6.45, 7) is 4.47. The van der Waals surface area contributed by atoms with Crippen molar-refractivity contribution in [3.8, 4) is 11.3 Å². The first-order valence-electron chi connectivity index (χ1n) is 18.9. The summed E-state index contributed by atoms with van der Waals surface area (Å²) in [4.78, 5) is 70.3. The lowest BCUT2D eigenvalue weighted by atomic mass is 9.83. The highest BCUT2D eigenvalue weighted by atomic mass is 16.5. The molecule has 16 nitrogen and oxygen atoms in total. The molecule has 0 bridgehead atoms. The summed E-state index contributed by atoms with van der Waals surface area (Å²) in [5.74, 6) is 1.20. The minimum Gasteiger partial charge on any atom is -0.465 e. The molecule has 296 valence electrons. The van der Waals surface area contributed by atoms with E-state index >= 15 is 0 Å². The highest BCUT2D eigenvalue weighted by Gasteiger charge is 2.40. The van der Waals surface area contributed by atoms with E-state index < -0.39 is 36.5 Å². The predicted octanol–water partition coefficient (Wildman–Crippen LogP) is 4.91. The highest BCUT2D eigenvalue weighted by Crippen LogP contribution is 2.38. The zero-order valence-corrected chi connectivity index (χ0v) is 32.0. The van der Waals surface area contributed by atoms with Crippen molar-refractivity contribution < 1.29 is 38.5 Å². The van der Waals surface area contributed by atoms with Gasteiger partial charge in [0.25, 0.3) is 0 Å². The maximum atomic E-state index is 13.6. The molecule has 2 aliphatic heterocycles. The Labute approximate surface area is 320 Å². The van der Waals surface area contributed by atoms with Gasteiger partial charge in [0.2, 0.25) is 11.8 Å². The number of aromatic amines is 2. The first-order valence-corrected chi connectivity index (χ1v) is 18.9. The number of imidazole rings is 2. The van der Waals surface area contributed by atoms with Crippen LogP contribution in [0.2, 0.25) is 0 Å². The number of H-pyrrole nitrogens is 2. The van der Waals surface area contributed by atoms with Crippen LogP contribution in [0.3, 0.4) is 0 Å². The number of rotatable bonds is 13. The fraction of sp³-hybridized carbons (Fsp3) is 0.538. The van der Waals surface area contributed by atoms with Gasteiger partial charge in [-0.3, -0.25) is 9.59 Å². The monoisotopic (exact) mass is 760 g/mol. The van der Waals surface area contributed by atoms with E-state index in [0.717, 1.165) is 67.7 Å². The molecule has 16 heteroatoms. The standard InChI is InChI=1S/C39H52N8O8/c1-22(53-3)32(44-38(50)51)36(48)46-18-6-8-30(46)34-40-20-28(42-34)26-14-10-24(11-15-26)25-12-16-27(17-13-25)29-21-41-35(43-29)31-9-7-19-47(31)37(49)33(23(2)54-4)45-39(52)55-5/h10-11,14-16,20-23,25,30-33,44H,6-9,12-13,17-19H2,1-5H3,(H,40,42)(H,41,43)(H,45,52)(H,50,51)/t22-,23?,25?,30+,31+,32+,33+/m1/s1. The number of aromatic nitrogens is 4. The summed E-state index contributed by atoms with van der Waals surface area (Å²) in [7, 11) is 4.21. The molecule has 0 radical (unpaired) electrons. The maximum absolute atomic E-state index is 13.6. The lowest BCUT2D eigenvalue weighted by Crippen LogP contribution is -2.54. The van der Waals surface area contributed by atoms with Gasteiger partial charge in [-0.25, -0.2) is 19.6 Å². The molecule has 2 unspecified atom stereocenters. The normalized spacial score (nSPS) is 22.1. The third kappa shape index (κ3) is 8.70. The summed E-state index contributed by atoms with van der Waals surface area (Å²) in [6.07, 6.45) is 8.70. The number of carbonyl (C=O) groups excluding carboxylic acids is 3. The van der Waals surface area contributed by atoms with Crippen LogP contribution in [0.4, 0.5) is 9.59 Å². The van der Waals surface area contributed by atoms with Crippen LogP contribution < -0.4 is 10.6 Å². The first-order chi connectivity index (χ1) is 26.5. The van der Waals surface area contributed by atoms with Crippen LogP contribution in [0.15, 0.2) is 42.7 Å². The van der Waals surface area contributed by atoms with Crippen molar-refractivity contribution in [3.63, 3.8) is 0 Å². The number of hydrogen-bond donors (Lipinski definition) is 5.